The number of fused-ring (bicyclic) bond motifs is 1. The standard InChI is InChI=1S/C13H18FN3O4S2/c1-22(18,19)16-13-3-2-11(4-12(13)14)23(20,21)17-7-9-5-15-6-10(9)8-17/h2-4,9-10,15-16H,5-8H2,1H3/t9-,10+. The van der Waals surface area contributed by atoms with E-state index in [1.165, 1.54) is 10.4 Å². The van der Waals surface area contributed by atoms with Gasteiger partial charge >= 0.3 is 0 Å². The molecule has 1 aromatic rings. The summed E-state index contributed by atoms with van der Waals surface area (Å²) in [5, 5.41) is 3.23. The molecule has 0 radical (unpaired) electrons. The molecule has 23 heavy (non-hydrogen) atoms. The Labute approximate surface area is 135 Å². The maximum atomic E-state index is 14.0. The molecule has 0 amide bonds. The van der Waals surface area contributed by atoms with Crippen molar-refractivity contribution in [2.45, 2.75) is 4.90 Å². The highest BCUT2D eigenvalue weighted by molar-refractivity contribution is 7.92. The van der Waals surface area contributed by atoms with Crippen LogP contribution < -0.4 is 10.0 Å². The van der Waals surface area contributed by atoms with Gasteiger partial charge in [0.05, 0.1) is 16.8 Å². The first-order chi connectivity index (χ1) is 10.7. The molecule has 2 saturated heterocycles. The lowest BCUT2D eigenvalue weighted by molar-refractivity contribution is 0.447. The Morgan fingerprint density at radius 1 is 1.17 bits per heavy atom. The summed E-state index contributed by atoms with van der Waals surface area (Å²) in [5.41, 5.74) is -0.269. The van der Waals surface area contributed by atoms with E-state index in [2.05, 4.69) is 5.32 Å². The minimum Gasteiger partial charge on any atom is -0.316 e. The first-order valence-corrected chi connectivity index (χ1v) is 10.5. The summed E-state index contributed by atoms with van der Waals surface area (Å²) in [7, 11) is -7.41. The maximum absolute atomic E-state index is 14.0. The van der Waals surface area contributed by atoms with Gasteiger partial charge in [-0.15, -0.1) is 0 Å². The molecule has 0 saturated carbocycles. The molecule has 2 fully saturated rings. The Kier molecular flexibility index (Phi) is 4.11. The monoisotopic (exact) mass is 363 g/mol. The minimum atomic E-state index is -3.78. The zero-order valence-electron chi connectivity index (χ0n) is 12.5. The fraction of sp³-hybridized carbons (Fsp3) is 0.538. The summed E-state index contributed by atoms with van der Waals surface area (Å²) in [6, 6.07) is 3.20. The Bertz CT molecular complexity index is 814. The lowest BCUT2D eigenvalue weighted by Gasteiger charge is -2.18. The van der Waals surface area contributed by atoms with Gasteiger partial charge in [0.2, 0.25) is 20.0 Å². The SMILES string of the molecule is CS(=O)(=O)Nc1ccc(S(=O)(=O)N2C[C@H]3CNC[C@H]3C2)cc1F. The van der Waals surface area contributed by atoms with Crippen LogP contribution in [0.2, 0.25) is 0 Å². The highest BCUT2D eigenvalue weighted by atomic mass is 32.2. The molecule has 7 nitrogen and oxygen atoms in total. The quantitative estimate of drug-likeness (QED) is 0.787. The highest BCUT2D eigenvalue weighted by Crippen LogP contribution is 2.31. The number of benzene rings is 1. The number of hydrogen-bond acceptors (Lipinski definition) is 5. The van der Waals surface area contributed by atoms with Crippen LogP contribution in [0.5, 0.6) is 0 Å². The molecule has 10 heteroatoms. The van der Waals surface area contributed by atoms with Crippen LogP contribution in [0.4, 0.5) is 10.1 Å². The van der Waals surface area contributed by atoms with E-state index in [-0.39, 0.29) is 10.6 Å². The van der Waals surface area contributed by atoms with Crippen LogP contribution in [0.1, 0.15) is 0 Å². The van der Waals surface area contributed by atoms with Crippen molar-refractivity contribution in [1.82, 2.24) is 9.62 Å². The van der Waals surface area contributed by atoms with Crippen molar-refractivity contribution < 1.29 is 21.2 Å². The topological polar surface area (TPSA) is 95.6 Å². The second-order valence-electron chi connectivity index (χ2n) is 6.02. The largest absolute Gasteiger partial charge is 0.316 e. The summed E-state index contributed by atoms with van der Waals surface area (Å²) in [6.07, 6.45) is 0.897. The number of sulfonamides is 2. The molecule has 0 unspecified atom stereocenters. The molecule has 128 valence electrons. The normalized spacial score (nSPS) is 25.5. The van der Waals surface area contributed by atoms with E-state index >= 15 is 0 Å². The lowest BCUT2D eigenvalue weighted by atomic mass is 10.0. The van der Waals surface area contributed by atoms with Crippen molar-refractivity contribution in [2.75, 3.05) is 37.2 Å². The van der Waals surface area contributed by atoms with Crippen LogP contribution in [-0.4, -0.2) is 53.6 Å². The van der Waals surface area contributed by atoms with Gasteiger partial charge in [-0.2, -0.15) is 4.31 Å². The van der Waals surface area contributed by atoms with E-state index in [1.54, 1.807) is 0 Å². The molecule has 1 aromatic carbocycles. The summed E-state index contributed by atoms with van der Waals surface area (Å²) in [5.74, 6) is -0.334. The van der Waals surface area contributed by atoms with Crippen molar-refractivity contribution in [3.63, 3.8) is 0 Å². The smallest absolute Gasteiger partial charge is 0.243 e. The van der Waals surface area contributed by atoms with Gasteiger partial charge in [-0.25, -0.2) is 21.2 Å². The van der Waals surface area contributed by atoms with E-state index in [0.717, 1.165) is 31.5 Å². The van der Waals surface area contributed by atoms with Gasteiger partial charge in [-0.05, 0) is 43.1 Å². The Morgan fingerprint density at radius 2 is 1.78 bits per heavy atom. The molecule has 2 aliphatic heterocycles. The second-order valence-corrected chi connectivity index (χ2v) is 9.70. The van der Waals surface area contributed by atoms with E-state index in [4.69, 9.17) is 0 Å². The zero-order valence-corrected chi connectivity index (χ0v) is 14.1. The minimum absolute atomic E-state index is 0.165. The molecule has 0 spiro atoms. The van der Waals surface area contributed by atoms with Crippen LogP contribution in [0, 0.1) is 17.7 Å². The molecular weight excluding hydrogens is 345 g/mol. The first kappa shape index (κ1) is 16.6. The molecule has 2 aliphatic rings. The van der Waals surface area contributed by atoms with Crippen molar-refractivity contribution in [3.05, 3.63) is 24.0 Å². The number of halogens is 1. The summed E-state index contributed by atoms with van der Waals surface area (Å²) in [6.45, 7) is 2.43. The van der Waals surface area contributed by atoms with Gasteiger partial charge in [-0.1, -0.05) is 0 Å². The second kappa shape index (κ2) is 5.69. The zero-order chi connectivity index (χ0) is 16.8. The number of rotatable bonds is 4. The maximum Gasteiger partial charge on any atom is 0.243 e. The predicted octanol–water partition coefficient (Wildman–Crippen LogP) is 0.0371. The summed E-state index contributed by atoms with van der Waals surface area (Å²) in [4.78, 5) is -0.165. The van der Waals surface area contributed by atoms with Gasteiger partial charge in [0.25, 0.3) is 0 Å². The molecule has 0 aromatic heterocycles. The Hall–Kier alpha value is -1.23. The van der Waals surface area contributed by atoms with Gasteiger partial charge in [-0.3, -0.25) is 4.72 Å². The van der Waals surface area contributed by atoms with Crippen LogP contribution in [0.25, 0.3) is 0 Å². The van der Waals surface area contributed by atoms with Crippen molar-refractivity contribution in [1.29, 1.82) is 0 Å². The van der Waals surface area contributed by atoms with Crippen molar-refractivity contribution in [3.8, 4) is 0 Å². The van der Waals surface area contributed by atoms with Gasteiger partial charge < -0.3 is 5.32 Å². The molecule has 3 rings (SSSR count). The third-order valence-corrected chi connectivity index (χ3v) is 6.65. The number of nitrogens with one attached hydrogen (secondary N) is 2. The fourth-order valence-electron chi connectivity index (χ4n) is 3.10. The van der Waals surface area contributed by atoms with E-state index in [9.17, 15) is 21.2 Å². The average molecular weight is 363 g/mol. The Balaban J connectivity index is 1.85. The first-order valence-electron chi connectivity index (χ1n) is 7.15. The number of anilines is 1. The average Bonchev–Trinajstić information content (AvgIpc) is 3.00. The van der Waals surface area contributed by atoms with Crippen LogP contribution in [0.15, 0.2) is 23.1 Å². The van der Waals surface area contributed by atoms with E-state index < -0.39 is 25.9 Å². The van der Waals surface area contributed by atoms with Crippen molar-refractivity contribution in [2.24, 2.45) is 11.8 Å². The van der Waals surface area contributed by atoms with Gasteiger partial charge in [0.1, 0.15) is 5.82 Å². The molecule has 2 heterocycles. The van der Waals surface area contributed by atoms with Gasteiger partial charge in [0, 0.05) is 13.1 Å². The Morgan fingerprint density at radius 3 is 2.30 bits per heavy atom. The number of hydrogen-bond donors (Lipinski definition) is 2. The summed E-state index contributed by atoms with van der Waals surface area (Å²) >= 11 is 0. The molecule has 0 bridgehead atoms. The fourth-order valence-corrected chi connectivity index (χ4v) is 5.23. The van der Waals surface area contributed by atoms with Crippen LogP contribution in [0.3, 0.4) is 0 Å². The lowest BCUT2D eigenvalue weighted by Crippen LogP contribution is -2.32. The van der Waals surface area contributed by atoms with Crippen molar-refractivity contribution >= 4 is 25.7 Å². The number of nitrogens with zero attached hydrogens (tertiary/aromatic N) is 1. The highest BCUT2D eigenvalue weighted by Gasteiger charge is 2.41. The summed E-state index contributed by atoms with van der Waals surface area (Å²) < 4.78 is 64.9. The molecule has 0 aliphatic carbocycles. The molecule has 2 N–H and O–H groups in total. The van der Waals surface area contributed by atoms with Crippen LogP contribution >= 0.6 is 0 Å². The third-order valence-electron chi connectivity index (χ3n) is 4.23. The van der Waals surface area contributed by atoms with E-state index in [0.29, 0.717) is 24.9 Å². The van der Waals surface area contributed by atoms with Crippen LogP contribution in [-0.2, 0) is 20.0 Å². The van der Waals surface area contributed by atoms with E-state index in [1.807, 2.05) is 4.72 Å². The predicted molar refractivity (Wildman–Crippen MR) is 83.5 cm³/mol. The third kappa shape index (κ3) is 3.35. The molecular formula is C13H18FN3O4S2. The van der Waals surface area contributed by atoms with Gasteiger partial charge in [0.15, 0.2) is 0 Å². The molecule has 2 atom stereocenters.